The Morgan fingerprint density at radius 2 is 1.59 bits per heavy atom. The van der Waals surface area contributed by atoms with Gasteiger partial charge in [-0.25, -0.2) is 0 Å². The normalized spacial score (nSPS) is 18.0. The standard InChI is InChI=1S/C22H27BO4/c1-21(2)22(3,4)27-23(26-21)14-13-17-11-12-19(20(15-17)24-5)25-16-18-9-7-6-8-10-18/h6-15H,16H2,1-5H3/b14-13+. The summed E-state index contributed by atoms with van der Waals surface area (Å²) in [5.41, 5.74) is 1.43. The summed E-state index contributed by atoms with van der Waals surface area (Å²) in [5.74, 6) is 3.34. The highest BCUT2D eigenvalue weighted by atomic mass is 16.7. The first-order valence-corrected chi connectivity index (χ1v) is 9.19. The first kappa shape index (κ1) is 19.5. The van der Waals surface area contributed by atoms with Gasteiger partial charge in [-0.1, -0.05) is 48.4 Å². The maximum atomic E-state index is 5.99. The van der Waals surface area contributed by atoms with Crippen LogP contribution in [0.25, 0.3) is 6.08 Å². The molecule has 0 spiro atoms. The van der Waals surface area contributed by atoms with E-state index in [2.05, 4.69) is 0 Å². The SMILES string of the molecule is COc1cc(/C=C/B2OC(C)(C)C(C)(C)O2)ccc1OCc1ccccc1. The van der Waals surface area contributed by atoms with Crippen molar-refractivity contribution in [3.8, 4) is 11.5 Å². The highest BCUT2D eigenvalue weighted by Crippen LogP contribution is 2.37. The quantitative estimate of drug-likeness (QED) is 0.680. The van der Waals surface area contributed by atoms with E-state index in [0.717, 1.165) is 11.1 Å². The minimum atomic E-state index is -0.366. The topological polar surface area (TPSA) is 36.9 Å². The lowest BCUT2D eigenvalue weighted by Gasteiger charge is -2.32. The maximum absolute atomic E-state index is 5.99. The summed E-state index contributed by atoms with van der Waals surface area (Å²) in [6.07, 6.45) is 1.98. The van der Waals surface area contributed by atoms with E-state index < -0.39 is 0 Å². The van der Waals surface area contributed by atoms with Gasteiger partial charge in [0, 0.05) is 0 Å². The van der Waals surface area contributed by atoms with Crippen molar-refractivity contribution in [3.05, 3.63) is 65.6 Å². The molecule has 0 aromatic heterocycles. The van der Waals surface area contributed by atoms with E-state index >= 15 is 0 Å². The van der Waals surface area contributed by atoms with Crippen LogP contribution in [0.3, 0.4) is 0 Å². The fourth-order valence-corrected chi connectivity index (χ4v) is 2.80. The molecule has 2 aromatic carbocycles. The van der Waals surface area contributed by atoms with Crippen molar-refractivity contribution in [1.82, 2.24) is 0 Å². The van der Waals surface area contributed by atoms with Crippen LogP contribution in [-0.4, -0.2) is 25.4 Å². The molecule has 0 amide bonds. The molecule has 4 nitrogen and oxygen atoms in total. The van der Waals surface area contributed by atoms with E-state index in [-0.39, 0.29) is 18.3 Å². The third kappa shape index (κ3) is 4.55. The third-order valence-electron chi connectivity index (χ3n) is 5.14. The second-order valence-electron chi connectivity index (χ2n) is 7.67. The minimum absolute atomic E-state index is 0.338. The van der Waals surface area contributed by atoms with E-state index in [4.69, 9.17) is 18.8 Å². The largest absolute Gasteiger partial charge is 0.493 e. The van der Waals surface area contributed by atoms with Crippen LogP contribution in [0.2, 0.25) is 0 Å². The highest BCUT2D eigenvalue weighted by Gasteiger charge is 2.49. The van der Waals surface area contributed by atoms with E-state index in [1.165, 1.54) is 0 Å². The van der Waals surface area contributed by atoms with Crippen LogP contribution in [-0.2, 0) is 15.9 Å². The average molecular weight is 366 g/mol. The second kappa shape index (κ2) is 7.79. The molecule has 142 valence electrons. The van der Waals surface area contributed by atoms with Gasteiger partial charge in [-0.2, -0.15) is 0 Å². The predicted octanol–water partition coefficient (Wildman–Crippen LogP) is 4.92. The summed E-state index contributed by atoms with van der Waals surface area (Å²) in [7, 11) is 1.28. The summed E-state index contributed by atoms with van der Waals surface area (Å²) < 4.78 is 23.4. The molecule has 5 heteroatoms. The second-order valence-corrected chi connectivity index (χ2v) is 7.67. The Labute approximate surface area is 162 Å². The lowest BCUT2D eigenvalue weighted by molar-refractivity contribution is 0.00578. The van der Waals surface area contributed by atoms with Crippen molar-refractivity contribution in [2.24, 2.45) is 0 Å². The van der Waals surface area contributed by atoms with E-state index in [9.17, 15) is 0 Å². The number of ether oxygens (including phenoxy) is 2. The molecule has 27 heavy (non-hydrogen) atoms. The molecule has 0 saturated carbocycles. The van der Waals surface area contributed by atoms with Gasteiger partial charge in [0.25, 0.3) is 0 Å². The molecule has 0 bridgehead atoms. The van der Waals surface area contributed by atoms with Gasteiger partial charge in [0.05, 0.1) is 18.3 Å². The maximum Gasteiger partial charge on any atom is 0.487 e. The molecule has 1 saturated heterocycles. The molecule has 3 rings (SSSR count). The minimum Gasteiger partial charge on any atom is -0.493 e. The zero-order valence-corrected chi connectivity index (χ0v) is 16.7. The number of methoxy groups -OCH3 is 1. The van der Waals surface area contributed by atoms with E-state index in [1.54, 1.807) is 7.11 Å². The van der Waals surface area contributed by atoms with Gasteiger partial charge < -0.3 is 18.8 Å². The van der Waals surface area contributed by atoms with Crippen molar-refractivity contribution in [2.75, 3.05) is 7.11 Å². The summed E-state index contributed by atoms with van der Waals surface area (Å²) in [4.78, 5) is 0. The molecule has 1 heterocycles. The van der Waals surface area contributed by atoms with Crippen molar-refractivity contribution < 1.29 is 18.8 Å². The molecule has 1 aliphatic heterocycles. The fraction of sp³-hybridized carbons (Fsp3) is 0.364. The van der Waals surface area contributed by atoms with Crippen LogP contribution in [0.4, 0.5) is 0 Å². The van der Waals surface area contributed by atoms with E-state index in [0.29, 0.717) is 18.1 Å². The van der Waals surface area contributed by atoms with Crippen LogP contribution in [0.1, 0.15) is 38.8 Å². The Bertz CT molecular complexity index is 783. The average Bonchev–Trinajstić information content (AvgIpc) is 2.86. The Balaban J connectivity index is 1.67. The molecule has 1 fully saturated rings. The van der Waals surface area contributed by atoms with Crippen LogP contribution >= 0.6 is 0 Å². The Morgan fingerprint density at radius 1 is 0.926 bits per heavy atom. The molecule has 0 aliphatic carbocycles. The van der Waals surface area contributed by atoms with Gasteiger partial charge in [0.1, 0.15) is 6.61 Å². The summed E-state index contributed by atoms with van der Waals surface area (Å²) in [6.45, 7) is 8.68. The van der Waals surface area contributed by atoms with E-state index in [1.807, 2.05) is 88.3 Å². The molecule has 0 radical (unpaired) electrons. The molecule has 1 aliphatic rings. The number of hydrogen-bond donors (Lipinski definition) is 0. The monoisotopic (exact) mass is 366 g/mol. The predicted molar refractivity (Wildman–Crippen MR) is 109 cm³/mol. The van der Waals surface area contributed by atoms with Crippen LogP contribution in [0.5, 0.6) is 11.5 Å². The fourth-order valence-electron chi connectivity index (χ4n) is 2.80. The Kier molecular flexibility index (Phi) is 5.63. The summed E-state index contributed by atoms with van der Waals surface area (Å²) >= 11 is 0. The molecule has 0 N–H and O–H groups in total. The molecular weight excluding hydrogens is 339 g/mol. The number of rotatable bonds is 6. The number of hydrogen-bond acceptors (Lipinski definition) is 4. The first-order chi connectivity index (χ1) is 12.8. The highest BCUT2D eigenvalue weighted by molar-refractivity contribution is 6.52. The van der Waals surface area contributed by atoms with Gasteiger partial charge >= 0.3 is 7.12 Å². The van der Waals surface area contributed by atoms with Crippen molar-refractivity contribution in [3.63, 3.8) is 0 Å². The molecular formula is C22H27BO4. The molecule has 2 aromatic rings. The lowest BCUT2D eigenvalue weighted by Crippen LogP contribution is -2.41. The molecule has 0 atom stereocenters. The Hall–Kier alpha value is -2.24. The van der Waals surface area contributed by atoms with Gasteiger partial charge in [-0.3, -0.25) is 0 Å². The summed E-state index contributed by atoms with van der Waals surface area (Å²) in [6, 6.07) is 15.9. The lowest BCUT2D eigenvalue weighted by atomic mass is 9.89. The van der Waals surface area contributed by atoms with Crippen molar-refractivity contribution in [2.45, 2.75) is 45.5 Å². The first-order valence-electron chi connectivity index (χ1n) is 9.19. The zero-order valence-electron chi connectivity index (χ0n) is 16.7. The number of benzene rings is 2. The summed E-state index contributed by atoms with van der Waals surface area (Å²) in [5, 5.41) is 0. The van der Waals surface area contributed by atoms with Crippen LogP contribution < -0.4 is 9.47 Å². The van der Waals surface area contributed by atoms with Crippen molar-refractivity contribution >= 4 is 13.2 Å². The van der Waals surface area contributed by atoms with Crippen LogP contribution in [0.15, 0.2) is 54.5 Å². The van der Waals surface area contributed by atoms with Gasteiger partial charge in [0.15, 0.2) is 11.5 Å². The van der Waals surface area contributed by atoms with Crippen molar-refractivity contribution in [1.29, 1.82) is 0 Å². The van der Waals surface area contributed by atoms with Crippen LogP contribution in [0, 0.1) is 0 Å². The van der Waals surface area contributed by atoms with Gasteiger partial charge in [-0.15, -0.1) is 0 Å². The third-order valence-corrected chi connectivity index (χ3v) is 5.14. The smallest absolute Gasteiger partial charge is 0.487 e. The zero-order chi connectivity index (χ0) is 19.5. The molecule has 0 unspecified atom stereocenters. The Morgan fingerprint density at radius 3 is 2.22 bits per heavy atom. The van der Waals surface area contributed by atoms with Gasteiger partial charge in [-0.05, 0) is 51.0 Å². The van der Waals surface area contributed by atoms with Gasteiger partial charge in [0.2, 0.25) is 0 Å².